The molecule has 118 valence electrons. The number of ether oxygens (including phenoxy) is 1. The smallest absolute Gasteiger partial charge is 0.387 e. The molecule has 1 aliphatic rings. The quantitative estimate of drug-likeness (QED) is 0.867. The number of alkyl halides is 2. The van der Waals surface area contributed by atoms with E-state index in [2.05, 4.69) is 44.9 Å². The topological polar surface area (TPSA) is 24.5 Å². The van der Waals surface area contributed by atoms with Gasteiger partial charge in [-0.05, 0) is 44.1 Å². The summed E-state index contributed by atoms with van der Waals surface area (Å²) in [5.74, 6) is 0.775. The Bertz CT molecular complexity index is 473. The number of rotatable bonds is 5. The number of benzene rings is 1. The fourth-order valence-electron chi connectivity index (χ4n) is 2.80. The second-order valence-electron chi connectivity index (χ2n) is 5.65. The van der Waals surface area contributed by atoms with Gasteiger partial charge < -0.3 is 15.0 Å². The van der Waals surface area contributed by atoms with E-state index in [-0.39, 0.29) is 5.75 Å². The average Bonchev–Trinajstić information content (AvgIpc) is 2.40. The summed E-state index contributed by atoms with van der Waals surface area (Å²) in [5, 5.41) is 3.48. The SMILES string of the molecule is CC1CN(C)CCC1NCc1cc(Br)ccc1OC(F)F. The predicted octanol–water partition coefficient (Wildman–Crippen LogP) is 3.48. The summed E-state index contributed by atoms with van der Waals surface area (Å²) in [7, 11) is 2.12. The van der Waals surface area contributed by atoms with Crippen LogP contribution in [0.5, 0.6) is 5.75 Å². The maximum Gasteiger partial charge on any atom is 0.387 e. The molecule has 2 unspecified atom stereocenters. The molecule has 1 fully saturated rings. The van der Waals surface area contributed by atoms with E-state index in [1.165, 1.54) is 0 Å². The molecule has 1 heterocycles. The Morgan fingerprint density at radius 2 is 2.24 bits per heavy atom. The van der Waals surface area contributed by atoms with Crippen molar-refractivity contribution in [3.05, 3.63) is 28.2 Å². The van der Waals surface area contributed by atoms with Crippen LogP contribution in [-0.4, -0.2) is 37.7 Å². The lowest BCUT2D eigenvalue weighted by molar-refractivity contribution is -0.0505. The van der Waals surface area contributed by atoms with Crippen molar-refractivity contribution in [2.45, 2.75) is 32.5 Å². The molecule has 0 spiro atoms. The zero-order chi connectivity index (χ0) is 15.4. The van der Waals surface area contributed by atoms with E-state index in [4.69, 9.17) is 0 Å². The molecule has 0 amide bonds. The highest BCUT2D eigenvalue weighted by atomic mass is 79.9. The highest BCUT2D eigenvalue weighted by Crippen LogP contribution is 2.25. The Morgan fingerprint density at radius 1 is 1.48 bits per heavy atom. The van der Waals surface area contributed by atoms with Crippen LogP contribution < -0.4 is 10.1 Å². The summed E-state index contributed by atoms with van der Waals surface area (Å²) in [6.45, 7) is 2.05. The summed E-state index contributed by atoms with van der Waals surface area (Å²) in [6, 6.07) is 5.51. The minimum absolute atomic E-state index is 0.237. The van der Waals surface area contributed by atoms with E-state index >= 15 is 0 Å². The fourth-order valence-corrected chi connectivity index (χ4v) is 3.20. The van der Waals surface area contributed by atoms with E-state index in [0.717, 1.165) is 29.5 Å². The third-order valence-corrected chi connectivity index (χ3v) is 4.39. The molecule has 1 aromatic carbocycles. The average molecular weight is 363 g/mol. The summed E-state index contributed by atoms with van der Waals surface area (Å²) in [5.41, 5.74) is 0.746. The number of likely N-dealkylation sites (tertiary alicyclic amines) is 1. The molecule has 0 radical (unpaired) electrons. The van der Waals surface area contributed by atoms with Crippen LogP contribution in [0.4, 0.5) is 8.78 Å². The molecule has 6 heteroatoms. The van der Waals surface area contributed by atoms with Crippen molar-refractivity contribution in [1.82, 2.24) is 10.2 Å². The third-order valence-electron chi connectivity index (χ3n) is 3.90. The van der Waals surface area contributed by atoms with Gasteiger partial charge in [-0.1, -0.05) is 22.9 Å². The van der Waals surface area contributed by atoms with E-state index in [1.807, 2.05) is 6.07 Å². The second kappa shape index (κ2) is 7.51. The Hall–Kier alpha value is -0.720. The van der Waals surface area contributed by atoms with Crippen LogP contribution in [0.2, 0.25) is 0 Å². The third kappa shape index (κ3) is 4.90. The van der Waals surface area contributed by atoms with Gasteiger partial charge in [0.05, 0.1) is 0 Å². The molecular formula is C15H21BrF2N2O. The maximum atomic E-state index is 12.4. The molecule has 1 N–H and O–H groups in total. The highest BCUT2D eigenvalue weighted by molar-refractivity contribution is 9.10. The minimum atomic E-state index is -2.80. The Labute approximate surface area is 132 Å². The van der Waals surface area contributed by atoms with E-state index < -0.39 is 6.61 Å². The number of hydrogen-bond donors (Lipinski definition) is 1. The Morgan fingerprint density at radius 3 is 2.90 bits per heavy atom. The number of hydrogen-bond acceptors (Lipinski definition) is 3. The molecule has 0 saturated carbocycles. The van der Waals surface area contributed by atoms with Gasteiger partial charge in [0.1, 0.15) is 5.75 Å². The van der Waals surface area contributed by atoms with E-state index in [9.17, 15) is 8.78 Å². The summed E-state index contributed by atoms with van der Waals surface area (Å²) in [6.07, 6.45) is 1.07. The predicted molar refractivity (Wildman–Crippen MR) is 82.7 cm³/mol. The molecule has 0 bridgehead atoms. The number of nitrogens with one attached hydrogen (secondary N) is 1. The number of piperidine rings is 1. The molecule has 2 atom stereocenters. The van der Waals surface area contributed by atoms with Gasteiger partial charge in [0.15, 0.2) is 0 Å². The zero-order valence-corrected chi connectivity index (χ0v) is 13.9. The first kappa shape index (κ1) is 16.6. The first-order valence-corrected chi connectivity index (χ1v) is 7.90. The first-order valence-electron chi connectivity index (χ1n) is 7.11. The largest absolute Gasteiger partial charge is 0.434 e. The molecule has 3 nitrogen and oxygen atoms in total. The minimum Gasteiger partial charge on any atom is -0.434 e. The Balaban J connectivity index is 2.00. The van der Waals surface area contributed by atoms with Crippen molar-refractivity contribution in [1.29, 1.82) is 0 Å². The lowest BCUT2D eigenvalue weighted by Gasteiger charge is -2.35. The van der Waals surface area contributed by atoms with Crippen molar-refractivity contribution in [2.24, 2.45) is 5.92 Å². The molecule has 0 aliphatic carbocycles. The molecule has 21 heavy (non-hydrogen) atoms. The van der Waals surface area contributed by atoms with Crippen molar-refractivity contribution in [3.8, 4) is 5.75 Å². The van der Waals surface area contributed by atoms with Gasteiger partial charge in [0.25, 0.3) is 0 Å². The van der Waals surface area contributed by atoms with Crippen molar-refractivity contribution in [3.63, 3.8) is 0 Å². The Kier molecular flexibility index (Phi) is 5.96. The highest BCUT2D eigenvalue weighted by Gasteiger charge is 2.24. The van der Waals surface area contributed by atoms with Crippen LogP contribution in [0.25, 0.3) is 0 Å². The summed E-state index contributed by atoms with van der Waals surface area (Å²) < 4.78 is 30.3. The summed E-state index contributed by atoms with van der Waals surface area (Å²) >= 11 is 3.37. The van der Waals surface area contributed by atoms with Crippen molar-refractivity contribution >= 4 is 15.9 Å². The van der Waals surface area contributed by atoms with Crippen LogP contribution >= 0.6 is 15.9 Å². The van der Waals surface area contributed by atoms with E-state index in [0.29, 0.717) is 18.5 Å². The standard InChI is InChI=1S/C15H21BrF2N2O/c1-10-9-20(2)6-5-13(10)19-8-11-7-12(16)3-4-14(11)21-15(17)18/h3-4,7,10,13,15,19H,5-6,8-9H2,1-2H3. The van der Waals surface area contributed by atoms with Crippen LogP contribution in [0, 0.1) is 5.92 Å². The van der Waals surface area contributed by atoms with Gasteiger partial charge in [0, 0.05) is 29.2 Å². The molecular weight excluding hydrogens is 342 g/mol. The van der Waals surface area contributed by atoms with Crippen LogP contribution in [0.1, 0.15) is 18.9 Å². The van der Waals surface area contributed by atoms with Gasteiger partial charge in [0.2, 0.25) is 0 Å². The normalized spacial score (nSPS) is 23.5. The van der Waals surface area contributed by atoms with Crippen LogP contribution in [0.15, 0.2) is 22.7 Å². The fraction of sp³-hybridized carbons (Fsp3) is 0.600. The van der Waals surface area contributed by atoms with Gasteiger partial charge >= 0.3 is 6.61 Å². The second-order valence-corrected chi connectivity index (χ2v) is 6.56. The number of halogens is 3. The summed E-state index contributed by atoms with van der Waals surface area (Å²) in [4.78, 5) is 2.31. The molecule has 1 aromatic rings. The van der Waals surface area contributed by atoms with Crippen molar-refractivity contribution < 1.29 is 13.5 Å². The lowest BCUT2D eigenvalue weighted by atomic mass is 9.94. The van der Waals surface area contributed by atoms with Gasteiger partial charge in [-0.2, -0.15) is 8.78 Å². The van der Waals surface area contributed by atoms with E-state index in [1.54, 1.807) is 12.1 Å². The van der Waals surface area contributed by atoms with Gasteiger partial charge in [-0.15, -0.1) is 0 Å². The molecule has 2 rings (SSSR count). The lowest BCUT2D eigenvalue weighted by Crippen LogP contribution is -2.46. The maximum absolute atomic E-state index is 12.4. The van der Waals surface area contributed by atoms with Gasteiger partial charge in [-0.25, -0.2) is 0 Å². The number of nitrogens with zero attached hydrogens (tertiary/aromatic N) is 1. The molecule has 1 aliphatic heterocycles. The molecule has 1 saturated heterocycles. The van der Waals surface area contributed by atoms with Crippen LogP contribution in [-0.2, 0) is 6.54 Å². The monoisotopic (exact) mass is 362 g/mol. The first-order chi connectivity index (χ1) is 9.95. The zero-order valence-electron chi connectivity index (χ0n) is 12.3. The molecule has 0 aromatic heterocycles. The van der Waals surface area contributed by atoms with Gasteiger partial charge in [-0.3, -0.25) is 0 Å². The van der Waals surface area contributed by atoms with Crippen LogP contribution in [0.3, 0.4) is 0 Å². The van der Waals surface area contributed by atoms with Crippen molar-refractivity contribution in [2.75, 3.05) is 20.1 Å².